The Morgan fingerprint density at radius 2 is 2.20 bits per heavy atom. The van der Waals surface area contributed by atoms with Crippen LogP contribution in [0, 0.1) is 20.6 Å². The van der Waals surface area contributed by atoms with Gasteiger partial charge in [0.05, 0.1) is 15.0 Å². The number of nitro groups is 1. The van der Waals surface area contributed by atoms with Crippen molar-refractivity contribution < 1.29 is 4.92 Å². The predicted molar refractivity (Wildman–Crippen MR) is 82.6 cm³/mol. The normalized spacial score (nSPS) is 10.5. The van der Waals surface area contributed by atoms with E-state index in [9.17, 15) is 14.9 Å². The van der Waals surface area contributed by atoms with Crippen LogP contribution >= 0.6 is 22.6 Å². The number of nitrogens with zero attached hydrogens (tertiary/aromatic N) is 3. The average molecular weight is 386 g/mol. The molecule has 2 aromatic rings. The summed E-state index contributed by atoms with van der Waals surface area (Å²) in [6.07, 6.45) is 1.49. The lowest BCUT2D eigenvalue weighted by Gasteiger charge is -2.11. The van der Waals surface area contributed by atoms with Gasteiger partial charge in [0.25, 0.3) is 11.2 Å². The van der Waals surface area contributed by atoms with Crippen molar-refractivity contribution in [1.29, 1.82) is 0 Å². The molecule has 0 fully saturated rings. The summed E-state index contributed by atoms with van der Waals surface area (Å²) in [7, 11) is 0. The molecule has 0 radical (unpaired) electrons. The van der Waals surface area contributed by atoms with Crippen molar-refractivity contribution in [3.05, 3.63) is 59.8 Å². The van der Waals surface area contributed by atoms with Crippen molar-refractivity contribution in [1.82, 2.24) is 9.55 Å². The summed E-state index contributed by atoms with van der Waals surface area (Å²) in [4.78, 5) is 26.5. The molecule has 8 heteroatoms. The third-order valence-corrected chi connectivity index (χ3v) is 3.61. The molecule has 0 spiro atoms. The zero-order valence-corrected chi connectivity index (χ0v) is 12.7. The molecular weight excluding hydrogens is 375 g/mol. The molecule has 0 aliphatic heterocycles. The van der Waals surface area contributed by atoms with Gasteiger partial charge in [0.15, 0.2) is 0 Å². The maximum atomic E-state index is 12.1. The fourth-order valence-electron chi connectivity index (χ4n) is 1.75. The van der Waals surface area contributed by atoms with Crippen LogP contribution in [0.25, 0.3) is 0 Å². The molecule has 2 N–H and O–H groups in total. The molecule has 7 nitrogen and oxygen atoms in total. The zero-order chi connectivity index (χ0) is 14.9. The van der Waals surface area contributed by atoms with Gasteiger partial charge in [0.1, 0.15) is 5.82 Å². The molecule has 0 bridgehead atoms. The zero-order valence-electron chi connectivity index (χ0n) is 10.5. The van der Waals surface area contributed by atoms with E-state index in [0.29, 0.717) is 20.6 Å². The number of hydrogen-bond donors (Lipinski definition) is 1. The Morgan fingerprint density at radius 3 is 2.85 bits per heavy atom. The van der Waals surface area contributed by atoms with E-state index in [-0.39, 0.29) is 17.8 Å². The highest BCUT2D eigenvalue weighted by Gasteiger charge is 2.12. The summed E-state index contributed by atoms with van der Waals surface area (Å²) in [6.45, 7) is 1.85. The first kappa shape index (κ1) is 14.4. The Morgan fingerprint density at radius 1 is 1.50 bits per heavy atom. The molecule has 0 aliphatic rings. The van der Waals surface area contributed by atoms with Gasteiger partial charge in [0, 0.05) is 29.6 Å². The molecule has 1 heterocycles. The second-order valence-electron chi connectivity index (χ2n) is 4.18. The Bertz CT molecular complexity index is 742. The summed E-state index contributed by atoms with van der Waals surface area (Å²) in [5.41, 5.74) is 6.49. The van der Waals surface area contributed by atoms with Gasteiger partial charge in [-0.05, 0) is 35.6 Å². The number of halogens is 1. The quantitative estimate of drug-likeness (QED) is 0.374. The summed E-state index contributed by atoms with van der Waals surface area (Å²) >= 11 is 1.90. The number of rotatable bonds is 3. The Labute approximate surface area is 127 Å². The van der Waals surface area contributed by atoms with E-state index in [1.807, 2.05) is 22.6 Å². The maximum absolute atomic E-state index is 12.1. The molecule has 0 saturated carbocycles. The second-order valence-corrected chi connectivity index (χ2v) is 5.35. The largest absolute Gasteiger partial charge is 0.398 e. The summed E-state index contributed by atoms with van der Waals surface area (Å²) < 4.78 is 1.93. The number of benzene rings is 1. The highest BCUT2D eigenvalue weighted by molar-refractivity contribution is 14.1. The van der Waals surface area contributed by atoms with Gasteiger partial charge in [-0.2, -0.15) is 0 Å². The first-order chi connectivity index (χ1) is 9.40. The van der Waals surface area contributed by atoms with Crippen LogP contribution in [0.1, 0.15) is 11.4 Å². The van der Waals surface area contributed by atoms with Gasteiger partial charge in [0.2, 0.25) is 0 Å². The lowest BCUT2D eigenvalue weighted by molar-refractivity contribution is -0.384. The SMILES string of the molecule is Cc1ncc(I)c(=O)n1Cc1cc([N+](=O)[O-])ccc1N. The maximum Gasteiger partial charge on any atom is 0.269 e. The van der Waals surface area contributed by atoms with E-state index in [1.54, 1.807) is 6.92 Å². The third-order valence-electron chi connectivity index (χ3n) is 2.87. The lowest BCUT2D eigenvalue weighted by atomic mass is 10.1. The molecule has 0 unspecified atom stereocenters. The Kier molecular flexibility index (Phi) is 4.02. The average Bonchev–Trinajstić information content (AvgIpc) is 2.41. The van der Waals surface area contributed by atoms with Gasteiger partial charge in [-0.15, -0.1) is 0 Å². The van der Waals surface area contributed by atoms with E-state index in [0.717, 1.165) is 0 Å². The topological polar surface area (TPSA) is 104 Å². The summed E-state index contributed by atoms with van der Waals surface area (Å²) in [6, 6.07) is 4.18. The van der Waals surface area contributed by atoms with Crippen LogP contribution in [0.2, 0.25) is 0 Å². The van der Waals surface area contributed by atoms with E-state index < -0.39 is 4.92 Å². The fourth-order valence-corrected chi connectivity index (χ4v) is 2.18. The summed E-state index contributed by atoms with van der Waals surface area (Å²) in [5.74, 6) is 0.529. The number of nitrogens with two attached hydrogens (primary N) is 1. The molecule has 0 aliphatic carbocycles. The van der Waals surface area contributed by atoms with Crippen molar-refractivity contribution in [2.45, 2.75) is 13.5 Å². The number of nitro benzene ring substituents is 1. The van der Waals surface area contributed by atoms with Crippen LogP contribution in [0.15, 0.2) is 29.2 Å². The van der Waals surface area contributed by atoms with Crippen molar-refractivity contribution >= 4 is 34.0 Å². The Balaban J connectivity index is 2.50. The Hall–Kier alpha value is -1.97. The highest BCUT2D eigenvalue weighted by atomic mass is 127. The number of anilines is 1. The smallest absolute Gasteiger partial charge is 0.269 e. The monoisotopic (exact) mass is 386 g/mol. The van der Waals surface area contributed by atoms with Crippen LogP contribution in [0.5, 0.6) is 0 Å². The lowest BCUT2D eigenvalue weighted by Crippen LogP contribution is -2.26. The van der Waals surface area contributed by atoms with Crippen molar-refractivity contribution in [3.63, 3.8) is 0 Å². The highest BCUT2D eigenvalue weighted by Crippen LogP contribution is 2.20. The van der Waals surface area contributed by atoms with Gasteiger partial charge in [-0.25, -0.2) is 4.98 Å². The molecule has 0 atom stereocenters. The fraction of sp³-hybridized carbons (Fsp3) is 0.167. The summed E-state index contributed by atoms with van der Waals surface area (Å²) in [5, 5.41) is 10.8. The van der Waals surface area contributed by atoms with Gasteiger partial charge < -0.3 is 5.73 Å². The second kappa shape index (κ2) is 5.57. The molecule has 0 amide bonds. The minimum atomic E-state index is -0.494. The molecule has 0 saturated heterocycles. The number of aryl methyl sites for hydroxylation is 1. The van der Waals surface area contributed by atoms with Crippen LogP contribution in [-0.4, -0.2) is 14.5 Å². The number of hydrogen-bond acceptors (Lipinski definition) is 5. The molecule has 1 aromatic carbocycles. The van der Waals surface area contributed by atoms with E-state index in [1.165, 1.54) is 29.0 Å². The van der Waals surface area contributed by atoms with Crippen LogP contribution in [-0.2, 0) is 6.54 Å². The predicted octanol–water partition coefficient (Wildman–Crippen LogP) is 1.70. The molecular formula is C12H11IN4O3. The molecule has 1 aromatic heterocycles. The molecule has 20 heavy (non-hydrogen) atoms. The molecule has 104 valence electrons. The first-order valence-electron chi connectivity index (χ1n) is 5.65. The van der Waals surface area contributed by atoms with Gasteiger partial charge >= 0.3 is 0 Å². The number of non-ortho nitro benzene ring substituents is 1. The van der Waals surface area contributed by atoms with E-state index in [4.69, 9.17) is 5.73 Å². The first-order valence-corrected chi connectivity index (χ1v) is 6.72. The number of nitrogen functional groups attached to an aromatic ring is 1. The van der Waals surface area contributed by atoms with E-state index in [2.05, 4.69) is 4.98 Å². The third kappa shape index (κ3) is 2.79. The minimum Gasteiger partial charge on any atom is -0.398 e. The van der Waals surface area contributed by atoms with E-state index >= 15 is 0 Å². The van der Waals surface area contributed by atoms with Crippen molar-refractivity contribution in [2.75, 3.05) is 5.73 Å². The van der Waals surface area contributed by atoms with Crippen molar-refractivity contribution in [2.24, 2.45) is 0 Å². The van der Waals surface area contributed by atoms with Gasteiger partial charge in [-0.3, -0.25) is 19.5 Å². The van der Waals surface area contributed by atoms with Crippen LogP contribution in [0.3, 0.4) is 0 Å². The van der Waals surface area contributed by atoms with Crippen LogP contribution in [0.4, 0.5) is 11.4 Å². The minimum absolute atomic E-state index is 0.0570. The number of aromatic nitrogens is 2. The van der Waals surface area contributed by atoms with Gasteiger partial charge in [-0.1, -0.05) is 0 Å². The van der Waals surface area contributed by atoms with Crippen LogP contribution < -0.4 is 11.3 Å². The standard InChI is InChI=1S/C12H11IN4O3/c1-7-15-5-10(13)12(18)16(7)6-8-4-9(17(19)20)2-3-11(8)14/h2-5H,6,14H2,1H3. The van der Waals surface area contributed by atoms with Crippen molar-refractivity contribution in [3.8, 4) is 0 Å². The molecule has 2 rings (SSSR count).